The van der Waals surface area contributed by atoms with Gasteiger partial charge in [0.25, 0.3) is 0 Å². The van der Waals surface area contributed by atoms with Crippen LogP contribution in [0.25, 0.3) is 11.4 Å². The van der Waals surface area contributed by atoms with Gasteiger partial charge in [0, 0.05) is 32.4 Å². The topological polar surface area (TPSA) is 77.8 Å². The first kappa shape index (κ1) is 21.7. The number of anilines is 1. The molecule has 9 nitrogen and oxygen atoms in total. The Morgan fingerprint density at radius 2 is 1.76 bits per heavy atom. The van der Waals surface area contributed by atoms with E-state index in [2.05, 4.69) is 39.8 Å². The quantitative estimate of drug-likeness (QED) is 0.567. The lowest BCUT2D eigenvalue weighted by Gasteiger charge is -2.35. The second kappa shape index (κ2) is 8.99. The lowest BCUT2D eigenvalue weighted by molar-refractivity contribution is -0.0705. The molecule has 33 heavy (non-hydrogen) atoms. The van der Waals surface area contributed by atoms with Crippen molar-refractivity contribution in [3.8, 4) is 22.9 Å². The number of rotatable bonds is 6. The Morgan fingerprint density at radius 3 is 2.52 bits per heavy atom. The Bertz CT molecular complexity index is 1120. The molecule has 0 unspecified atom stereocenters. The van der Waals surface area contributed by atoms with Crippen LogP contribution in [0.4, 0.5) is 5.82 Å². The average molecular weight is 451 g/mol. The molecule has 0 aliphatic carbocycles. The van der Waals surface area contributed by atoms with Crippen LogP contribution in [0.1, 0.15) is 25.0 Å². The van der Waals surface area contributed by atoms with Gasteiger partial charge in [-0.15, -0.1) is 0 Å². The molecule has 2 aliphatic rings. The maximum atomic E-state index is 5.88. The first-order valence-corrected chi connectivity index (χ1v) is 11.2. The van der Waals surface area contributed by atoms with Crippen LogP contribution in [0.15, 0.2) is 36.8 Å². The van der Waals surface area contributed by atoms with Crippen molar-refractivity contribution in [1.82, 2.24) is 24.6 Å². The Morgan fingerprint density at radius 1 is 0.970 bits per heavy atom. The molecule has 0 amide bonds. The lowest BCUT2D eigenvalue weighted by Crippen LogP contribution is -2.44. The van der Waals surface area contributed by atoms with E-state index in [1.165, 1.54) is 0 Å². The van der Waals surface area contributed by atoms with Crippen LogP contribution in [-0.2, 0) is 24.5 Å². The molecule has 1 fully saturated rings. The number of ether oxygens (including phenoxy) is 3. The highest BCUT2D eigenvalue weighted by molar-refractivity contribution is 5.73. The molecule has 3 aromatic rings. The van der Waals surface area contributed by atoms with Gasteiger partial charge in [0.15, 0.2) is 17.3 Å². The minimum atomic E-state index is 0.236. The van der Waals surface area contributed by atoms with E-state index >= 15 is 0 Å². The summed E-state index contributed by atoms with van der Waals surface area (Å²) in [6, 6.07) is 8.19. The van der Waals surface area contributed by atoms with Crippen LogP contribution in [0.5, 0.6) is 11.5 Å². The van der Waals surface area contributed by atoms with Crippen molar-refractivity contribution >= 4 is 5.82 Å². The van der Waals surface area contributed by atoms with E-state index in [0.717, 1.165) is 48.0 Å². The van der Waals surface area contributed by atoms with Gasteiger partial charge in [-0.1, -0.05) is 6.07 Å². The molecule has 2 atom stereocenters. The molecule has 0 N–H and O–H groups in total. The summed E-state index contributed by atoms with van der Waals surface area (Å²) in [5, 5.41) is 4.44. The maximum Gasteiger partial charge on any atom is 0.163 e. The maximum absolute atomic E-state index is 5.88. The third kappa shape index (κ3) is 4.38. The predicted molar refractivity (Wildman–Crippen MR) is 124 cm³/mol. The zero-order valence-electron chi connectivity index (χ0n) is 19.6. The van der Waals surface area contributed by atoms with Gasteiger partial charge in [-0.05, 0) is 43.2 Å². The van der Waals surface area contributed by atoms with Crippen molar-refractivity contribution < 1.29 is 14.2 Å². The molecule has 2 aliphatic heterocycles. The van der Waals surface area contributed by atoms with Crippen LogP contribution >= 0.6 is 0 Å². The van der Waals surface area contributed by atoms with Crippen LogP contribution in [0.3, 0.4) is 0 Å². The number of morpholine rings is 1. The number of fused-ring (bicyclic) bond motifs is 3. The fraction of sp³-hybridized carbons (Fsp3) is 0.458. The number of hydrogen-bond donors (Lipinski definition) is 0. The summed E-state index contributed by atoms with van der Waals surface area (Å²) in [6.45, 7) is 8.18. The summed E-state index contributed by atoms with van der Waals surface area (Å²) in [6.07, 6.45) is 4.06. The van der Waals surface area contributed by atoms with Crippen molar-refractivity contribution in [2.45, 2.75) is 45.8 Å². The van der Waals surface area contributed by atoms with E-state index in [9.17, 15) is 0 Å². The van der Waals surface area contributed by atoms with Crippen molar-refractivity contribution in [3.63, 3.8) is 0 Å². The first-order chi connectivity index (χ1) is 16.0. The van der Waals surface area contributed by atoms with Gasteiger partial charge < -0.3 is 19.1 Å². The first-order valence-electron chi connectivity index (χ1n) is 11.2. The van der Waals surface area contributed by atoms with E-state index in [1.54, 1.807) is 20.5 Å². The number of hydrogen-bond acceptors (Lipinski definition) is 8. The number of pyridine rings is 1. The van der Waals surface area contributed by atoms with Gasteiger partial charge in [-0.25, -0.2) is 14.6 Å². The third-order valence-corrected chi connectivity index (χ3v) is 6.11. The molecule has 0 saturated carbocycles. The van der Waals surface area contributed by atoms with Gasteiger partial charge >= 0.3 is 0 Å². The SMILES string of the molecule is COc1ccc(CN2Cn3ncnc3-c3cc(CN4C[C@@H](C)O[C@@H](C)C4)cnc32)cc1OC. The zero-order valence-corrected chi connectivity index (χ0v) is 19.6. The minimum absolute atomic E-state index is 0.236. The average Bonchev–Trinajstić information content (AvgIpc) is 3.27. The highest BCUT2D eigenvalue weighted by atomic mass is 16.5. The Hall–Kier alpha value is -3.17. The summed E-state index contributed by atoms with van der Waals surface area (Å²) in [4.78, 5) is 14.0. The molecule has 9 heteroatoms. The van der Waals surface area contributed by atoms with Crippen LogP contribution in [0.2, 0.25) is 0 Å². The van der Waals surface area contributed by atoms with Crippen molar-refractivity contribution in [1.29, 1.82) is 0 Å². The molecular formula is C24H30N6O3. The van der Waals surface area contributed by atoms with Gasteiger partial charge in [-0.2, -0.15) is 5.10 Å². The summed E-state index contributed by atoms with van der Waals surface area (Å²) < 4.78 is 18.7. The van der Waals surface area contributed by atoms with Gasteiger partial charge in [0.1, 0.15) is 18.8 Å². The molecule has 0 radical (unpaired) electrons. The molecule has 1 aromatic carbocycles. The summed E-state index contributed by atoms with van der Waals surface area (Å²) in [5.74, 6) is 3.20. The Balaban J connectivity index is 1.42. The largest absolute Gasteiger partial charge is 0.493 e. The van der Waals surface area contributed by atoms with Gasteiger partial charge in [0.05, 0.1) is 32.0 Å². The number of aromatic nitrogens is 4. The fourth-order valence-electron chi connectivity index (χ4n) is 4.80. The molecule has 4 heterocycles. The van der Waals surface area contributed by atoms with E-state index in [1.807, 2.05) is 29.1 Å². The molecule has 174 valence electrons. The highest BCUT2D eigenvalue weighted by Crippen LogP contribution is 2.35. The number of benzene rings is 1. The summed E-state index contributed by atoms with van der Waals surface area (Å²) in [7, 11) is 3.29. The highest BCUT2D eigenvalue weighted by Gasteiger charge is 2.27. The van der Waals surface area contributed by atoms with Crippen molar-refractivity contribution in [3.05, 3.63) is 47.9 Å². The zero-order chi connectivity index (χ0) is 22.9. The predicted octanol–water partition coefficient (Wildman–Crippen LogP) is 2.94. The smallest absolute Gasteiger partial charge is 0.163 e. The van der Waals surface area contributed by atoms with E-state index < -0.39 is 0 Å². The third-order valence-electron chi connectivity index (χ3n) is 6.11. The van der Waals surface area contributed by atoms with E-state index in [4.69, 9.17) is 19.2 Å². The molecular weight excluding hydrogens is 420 g/mol. The van der Waals surface area contributed by atoms with Crippen LogP contribution in [0, 0.1) is 0 Å². The molecule has 5 rings (SSSR count). The Labute approximate surface area is 193 Å². The second-order valence-electron chi connectivity index (χ2n) is 8.78. The Kier molecular flexibility index (Phi) is 5.90. The number of methoxy groups -OCH3 is 2. The molecule has 0 bridgehead atoms. The minimum Gasteiger partial charge on any atom is -0.493 e. The van der Waals surface area contributed by atoms with Crippen LogP contribution in [-0.4, -0.2) is 64.2 Å². The van der Waals surface area contributed by atoms with E-state index in [0.29, 0.717) is 24.7 Å². The van der Waals surface area contributed by atoms with Crippen LogP contribution < -0.4 is 14.4 Å². The van der Waals surface area contributed by atoms with Crippen molar-refractivity contribution in [2.24, 2.45) is 0 Å². The lowest BCUT2D eigenvalue weighted by atomic mass is 10.1. The normalized spacial score (nSPS) is 20.3. The fourth-order valence-corrected chi connectivity index (χ4v) is 4.80. The van der Waals surface area contributed by atoms with Gasteiger partial charge in [0.2, 0.25) is 0 Å². The summed E-state index contributed by atoms with van der Waals surface area (Å²) in [5.41, 5.74) is 3.27. The molecule has 0 spiro atoms. The van der Waals surface area contributed by atoms with Crippen molar-refractivity contribution in [2.75, 3.05) is 32.2 Å². The molecule has 1 saturated heterocycles. The summed E-state index contributed by atoms with van der Waals surface area (Å²) >= 11 is 0. The molecule has 2 aromatic heterocycles. The number of nitrogens with zero attached hydrogens (tertiary/aromatic N) is 6. The van der Waals surface area contributed by atoms with Gasteiger partial charge in [-0.3, -0.25) is 4.90 Å². The standard InChI is InChI=1S/C24H30N6O3/c1-16-10-28(11-17(2)33-16)12-19-7-20-23(25-9-19)29(15-30-24(20)26-14-27-30)13-18-5-6-21(31-3)22(8-18)32-4/h5-9,14,16-17H,10-13,15H2,1-4H3/t16-,17+. The second-order valence-corrected chi connectivity index (χ2v) is 8.78. The van der Waals surface area contributed by atoms with E-state index in [-0.39, 0.29) is 12.2 Å². The monoisotopic (exact) mass is 450 g/mol.